The predicted molar refractivity (Wildman–Crippen MR) is 64.4 cm³/mol. The highest BCUT2D eigenvalue weighted by Crippen LogP contribution is 2.24. The van der Waals surface area contributed by atoms with Crippen LogP contribution in [0, 0.1) is 6.92 Å². The van der Waals surface area contributed by atoms with Crippen LogP contribution >= 0.6 is 27.3 Å². The van der Waals surface area contributed by atoms with Crippen molar-refractivity contribution in [3.05, 3.63) is 50.4 Å². The highest BCUT2D eigenvalue weighted by atomic mass is 79.9. The molecular formula is C11H8BrNOS. The van der Waals surface area contributed by atoms with Crippen molar-refractivity contribution in [2.45, 2.75) is 6.92 Å². The van der Waals surface area contributed by atoms with Gasteiger partial charge in [0.25, 0.3) is 0 Å². The van der Waals surface area contributed by atoms with E-state index >= 15 is 0 Å². The first-order valence-electron chi connectivity index (χ1n) is 4.37. The predicted octanol–water partition coefficient (Wildman–Crippen LogP) is 3.45. The molecule has 0 aliphatic carbocycles. The highest BCUT2D eigenvalue weighted by molar-refractivity contribution is 9.10. The minimum absolute atomic E-state index is 0.0445. The van der Waals surface area contributed by atoms with Crippen LogP contribution in [0.4, 0.5) is 0 Å². The summed E-state index contributed by atoms with van der Waals surface area (Å²) < 4.78 is 0.855. The molecular weight excluding hydrogens is 274 g/mol. The van der Waals surface area contributed by atoms with E-state index in [0.717, 1.165) is 10.0 Å². The van der Waals surface area contributed by atoms with Gasteiger partial charge in [0.2, 0.25) is 0 Å². The average molecular weight is 282 g/mol. The largest absolute Gasteiger partial charge is 0.289 e. The van der Waals surface area contributed by atoms with Crippen LogP contribution < -0.4 is 0 Å². The van der Waals surface area contributed by atoms with Gasteiger partial charge in [0.15, 0.2) is 5.78 Å². The van der Waals surface area contributed by atoms with E-state index in [0.29, 0.717) is 11.1 Å². The van der Waals surface area contributed by atoms with E-state index in [4.69, 9.17) is 0 Å². The van der Waals surface area contributed by atoms with Crippen molar-refractivity contribution in [2.24, 2.45) is 0 Å². The lowest BCUT2D eigenvalue weighted by molar-refractivity contribution is 0.103. The maximum atomic E-state index is 12.1. The Morgan fingerprint density at radius 1 is 1.40 bits per heavy atom. The zero-order valence-electron chi connectivity index (χ0n) is 8.03. The molecule has 0 saturated heterocycles. The Morgan fingerprint density at radius 3 is 2.80 bits per heavy atom. The zero-order chi connectivity index (χ0) is 10.8. The first-order valence-corrected chi connectivity index (χ1v) is 6.10. The van der Waals surface area contributed by atoms with E-state index in [9.17, 15) is 4.79 Å². The molecule has 0 aromatic carbocycles. The smallest absolute Gasteiger partial charge is 0.195 e. The van der Waals surface area contributed by atoms with Gasteiger partial charge in [0, 0.05) is 38.8 Å². The third-order valence-corrected chi connectivity index (χ3v) is 3.83. The van der Waals surface area contributed by atoms with Gasteiger partial charge in [-0.25, -0.2) is 0 Å². The van der Waals surface area contributed by atoms with Crippen molar-refractivity contribution >= 4 is 33.0 Å². The first kappa shape index (κ1) is 10.5. The van der Waals surface area contributed by atoms with Crippen molar-refractivity contribution in [2.75, 3.05) is 0 Å². The van der Waals surface area contributed by atoms with Crippen molar-refractivity contribution in [1.29, 1.82) is 0 Å². The summed E-state index contributed by atoms with van der Waals surface area (Å²) in [6.45, 7) is 1.89. The molecule has 0 atom stereocenters. The summed E-state index contributed by atoms with van der Waals surface area (Å²) >= 11 is 4.87. The fourth-order valence-electron chi connectivity index (χ4n) is 1.32. The lowest BCUT2D eigenvalue weighted by Gasteiger charge is -2.02. The van der Waals surface area contributed by atoms with Gasteiger partial charge < -0.3 is 0 Å². The van der Waals surface area contributed by atoms with E-state index in [-0.39, 0.29) is 5.78 Å². The lowest BCUT2D eigenvalue weighted by Crippen LogP contribution is -2.03. The molecule has 76 valence electrons. The molecule has 2 rings (SSSR count). The molecule has 2 aromatic heterocycles. The Morgan fingerprint density at radius 2 is 2.20 bits per heavy atom. The number of halogens is 1. The Kier molecular flexibility index (Phi) is 2.98. The molecule has 15 heavy (non-hydrogen) atoms. The molecule has 2 nitrogen and oxygen atoms in total. The molecule has 0 spiro atoms. The van der Waals surface area contributed by atoms with Gasteiger partial charge >= 0.3 is 0 Å². The minimum atomic E-state index is 0.0445. The Bertz CT molecular complexity index is 507. The summed E-state index contributed by atoms with van der Waals surface area (Å²) in [7, 11) is 0. The zero-order valence-corrected chi connectivity index (χ0v) is 10.4. The highest BCUT2D eigenvalue weighted by Gasteiger charge is 2.14. The molecule has 0 bridgehead atoms. The number of nitrogens with zero attached hydrogens (tertiary/aromatic N) is 1. The molecule has 4 heteroatoms. The number of rotatable bonds is 2. The summed E-state index contributed by atoms with van der Waals surface area (Å²) in [5, 5.41) is 3.76. The number of thiophene rings is 1. The number of carbonyl (C=O) groups is 1. The summed E-state index contributed by atoms with van der Waals surface area (Å²) in [5.41, 5.74) is 2.33. The summed E-state index contributed by atoms with van der Waals surface area (Å²) in [5.74, 6) is 0.0445. The van der Waals surface area contributed by atoms with Gasteiger partial charge in [-0.15, -0.1) is 0 Å². The van der Waals surface area contributed by atoms with E-state index in [1.165, 1.54) is 11.3 Å². The molecule has 0 N–H and O–H groups in total. The summed E-state index contributed by atoms with van der Waals surface area (Å²) in [6, 6.07) is 1.75. The number of hydrogen-bond acceptors (Lipinski definition) is 3. The monoisotopic (exact) mass is 281 g/mol. The van der Waals surface area contributed by atoms with Gasteiger partial charge in [-0.2, -0.15) is 11.3 Å². The molecule has 0 unspecified atom stereocenters. The standard InChI is InChI=1S/C11H8BrNOS/c1-7-4-13-3-2-8(7)11(14)9-5-15-6-10(9)12/h2-6H,1H3. The van der Waals surface area contributed by atoms with Gasteiger partial charge in [-0.3, -0.25) is 9.78 Å². The summed E-state index contributed by atoms with van der Waals surface area (Å²) in [4.78, 5) is 16.1. The van der Waals surface area contributed by atoms with Crippen molar-refractivity contribution in [3.8, 4) is 0 Å². The molecule has 0 saturated carbocycles. The lowest BCUT2D eigenvalue weighted by atomic mass is 10.0. The Hall–Kier alpha value is -1.00. The van der Waals surface area contributed by atoms with Crippen molar-refractivity contribution in [1.82, 2.24) is 4.98 Å². The Labute approximate surface area is 100 Å². The third kappa shape index (κ3) is 2.01. The SMILES string of the molecule is Cc1cnccc1C(=O)c1cscc1Br. The van der Waals surface area contributed by atoms with Crippen LogP contribution in [0.2, 0.25) is 0 Å². The normalized spacial score (nSPS) is 10.3. The number of aromatic nitrogens is 1. The molecule has 0 radical (unpaired) electrons. The van der Waals surface area contributed by atoms with Crippen LogP contribution in [-0.2, 0) is 0 Å². The van der Waals surface area contributed by atoms with Crippen LogP contribution in [0.15, 0.2) is 33.7 Å². The third-order valence-electron chi connectivity index (χ3n) is 2.12. The van der Waals surface area contributed by atoms with E-state index in [1.807, 2.05) is 17.7 Å². The van der Waals surface area contributed by atoms with Gasteiger partial charge in [-0.1, -0.05) is 0 Å². The maximum Gasteiger partial charge on any atom is 0.195 e. The number of pyridine rings is 1. The molecule has 2 heterocycles. The molecule has 0 aliphatic heterocycles. The fraction of sp³-hybridized carbons (Fsp3) is 0.0909. The quantitative estimate of drug-likeness (QED) is 0.790. The number of aryl methyl sites for hydroxylation is 1. The van der Waals surface area contributed by atoms with Crippen LogP contribution in [0.25, 0.3) is 0 Å². The first-order chi connectivity index (χ1) is 7.20. The van der Waals surface area contributed by atoms with Crippen LogP contribution in [0.3, 0.4) is 0 Å². The average Bonchev–Trinajstić information content (AvgIpc) is 2.64. The van der Waals surface area contributed by atoms with E-state index < -0.39 is 0 Å². The van der Waals surface area contributed by atoms with E-state index in [2.05, 4.69) is 20.9 Å². The number of carbonyl (C=O) groups excluding carboxylic acids is 1. The molecule has 0 aliphatic rings. The van der Waals surface area contributed by atoms with Crippen LogP contribution in [0.1, 0.15) is 21.5 Å². The molecule has 0 fully saturated rings. The minimum Gasteiger partial charge on any atom is -0.289 e. The number of ketones is 1. The summed E-state index contributed by atoms with van der Waals surface area (Å²) in [6.07, 6.45) is 3.34. The molecule has 2 aromatic rings. The van der Waals surface area contributed by atoms with Crippen molar-refractivity contribution in [3.63, 3.8) is 0 Å². The topological polar surface area (TPSA) is 30.0 Å². The van der Waals surface area contributed by atoms with Gasteiger partial charge in [-0.05, 0) is 34.5 Å². The second-order valence-corrected chi connectivity index (χ2v) is 4.75. The van der Waals surface area contributed by atoms with Crippen molar-refractivity contribution < 1.29 is 4.79 Å². The maximum absolute atomic E-state index is 12.1. The van der Waals surface area contributed by atoms with Crippen LogP contribution in [-0.4, -0.2) is 10.8 Å². The Balaban J connectivity index is 2.46. The van der Waals surface area contributed by atoms with Gasteiger partial charge in [0.1, 0.15) is 0 Å². The number of hydrogen-bond donors (Lipinski definition) is 0. The van der Waals surface area contributed by atoms with E-state index in [1.54, 1.807) is 18.5 Å². The fourth-order valence-corrected chi connectivity index (χ4v) is 2.77. The second kappa shape index (κ2) is 4.24. The second-order valence-electron chi connectivity index (χ2n) is 3.15. The van der Waals surface area contributed by atoms with Crippen LogP contribution in [0.5, 0.6) is 0 Å². The van der Waals surface area contributed by atoms with Gasteiger partial charge in [0.05, 0.1) is 0 Å². The molecule has 0 amide bonds.